The van der Waals surface area contributed by atoms with Crippen molar-refractivity contribution >= 4 is 0 Å². The maximum absolute atomic E-state index is 5.16. The molecular weight excluding hydrogens is 444 g/mol. The topological polar surface area (TPSA) is 24.9 Å². The molecule has 4 heteroatoms. The molecule has 0 bridgehead atoms. The average Bonchev–Trinajstić information content (AvgIpc) is 3.67. The number of morpholine rings is 1. The zero-order valence-electron chi connectivity index (χ0n) is 28.8. The second-order valence-electron chi connectivity index (χ2n) is 10.1. The third-order valence-electron chi connectivity index (χ3n) is 4.34. The SMILES string of the molecule is CC(C)C.CC1CC1.CCC.CCCC.CCCC.CCN(C)C.CCN1CCOCC1.CCOC. The van der Waals surface area contributed by atoms with E-state index in [9.17, 15) is 0 Å². The normalized spacial score (nSPS) is 13.5. The molecule has 0 aromatic heterocycles. The molecule has 0 aromatic carbocycles. The van der Waals surface area contributed by atoms with Crippen LogP contribution in [0.3, 0.4) is 0 Å². The minimum atomic E-state index is 0.819. The van der Waals surface area contributed by atoms with Crippen LogP contribution in [0.5, 0.6) is 0 Å². The lowest BCUT2D eigenvalue weighted by atomic mass is 10.3. The van der Waals surface area contributed by atoms with Crippen LogP contribution in [-0.2, 0) is 9.47 Å². The van der Waals surface area contributed by atoms with Crippen LogP contribution in [0.15, 0.2) is 0 Å². The first-order valence-electron chi connectivity index (χ1n) is 15.4. The quantitative estimate of drug-likeness (QED) is 0.359. The fraction of sp³-hybridized carbons (Fsp3) is 1.00. The van der Waals surface area contributed by atoms with Crippen LogP contribution < -0.4 is 0 Å². The van der Waals surface area contributed by atoms with E-state index < -0.39 is 0 Å². The second-order valence-corrected chi connectivity index (χ2v) is 10.1. The van der Waals surface area contributed by atoms with E-state index in [2.05, 4.69) is 112 Å². The number of unbranched alkanes of at least 4 members (excludes halogenated alkanes) is 2. The van der Waals surface area contributed by atoms with Crippen molar-refractivity contribution in [1.82, 2.24) is 9.80 Å². The summed E-state index contributed by atoms with van der Waals surface area (Å²) in [6.45, 7) is 35.2. The standard InChI is InChI=1S/C6H13NO.C4H11N.C4H8.3C4H10.C3H8O.C3H8/c1-2-7-3-5-8-6-4-7;1-4-5(2)3;1-4-2-3-4;1-4(2)3;3*1-3-4-2;1-3-2/h2-6H2,1H3;4H2,1-3H3;4H,2-3H2,1H3;4H,1-3H3;2*3-4H2,1-2H3;3H2,1-2H3;3H2,1-2H3. The van der Waals surface area contributed by atoms with E-state index in [0.717, 1.165) is 51.3 Å². The predicted octanol–water partition coefficient (Wildman–Crippen LogP) is 9.67. The molecule has 228 valence electrons. The predicted molar refractivity (Wildman–Crippen MR) is 171 cm³/mol. The van der Waals surface area contributed by atoms with Gasteiger partial charge in [-0.25, -0.2) is 0 Å². The molecule has 1 aliphatic carbocycles. The van der Waals surface area contributed by atoms with Crippen LogP contribution in [0, 0.1) is 11.8 Å². The average molecular weight is 523 g/mol. The van der Waals surface area contributed by atoms with Gasteiger partial charge in [-0.05, 0) is 45.9 Å². The number of ether oxygens (including phenoxy) is 2. The number of methoxy groups -OCH3 is 1. The zero-order valence-corrected chi connectivity index (χ0v) is 28.8. The van der Waals surface area contributed by atoms with E-state index in [1.807, 2.05) is 6.92 Å². The maximum Gasteiger partial charge on any atom is 0.0594 e. The van der Waals surface area contributed by atoms with Crippen LogP contribution >= 0.6 is 0 Å². The largest absolute Gasteiger partial charge is 0.385 e. The van der Waals surface area contributed by atoms with E-state index in [4.69, 9.17) is 4.74 Å². The van der Waals surface area contributed by atoms with E-state index in [1.54, 1.807) is 7.11 Å². The van der Waals surface area contributed by atoms with E-state index >= 15 is 0 Å². The lowest BCUT2D eigenvalue weighted by Crippen LogP contribution is -2.35. The van der Waals surface area contributed by atoms with E-state index in [0.29, 0.717) is 0 Å². The lowest BCUT2D eigenvalue weighted by molar-refractivity contribution is 0.0405. The van der Waals surface area contributed by atoms with Gasteiger partial charge < -0.3 is 14.4 Å². The molecule has 0 atom stereocenters. The van der Waals surface area contributed by atoms with Crippen LogP contribution in [0.2, 0.25) is 0 Å². The minimum absolute atomic E-state index is 0.819. The first-order valence-corrected chi connectivity index (χ1v) is 15.4. The number of nitrogens with zero attached hydrogens (tertiary/aromatic N) is 2. The lowest BCUT2D eigenvalue weighted by Gasteiger charge is -2.24. The number of hydrogen-bond donors (Lipinski definition) is 0. The van der Waals surface area contributed by atoms with Crippen molar-refractivity contribution in [2.45, 2.75) is 135 Å². The molecule has 2 fully saturated rings. The van der Waals surface area contributed by atoms with Gasteiger partial charge in [-0.1, -0.05) is 128 Å². The first-order chi connectivity index (χ1) is 17.0. The zero-order chi connectivity index (χ0) is 29.6. The Balaban J connectivity index is -0.0000000732. The smallest absolute Gasteiger partial charge is 0.0594 e. The van der Waals surface area contributed by atoms with Gasteiger partial charge in [0, 0.05) is 26.8 Å². The molecule has 0 aromatic rings. The fourth-order valence-corrected chi connectivity index (χ4v) is 1.08. The summed E-state index contributed by atoms with van der Waals surface area (Å²) in [6.07, 6.45) is 9.50. The molecule has 2 aliphatic rings. The highest BCUT2D eigenvalue weighted by atomic mass is 16.5. The molecule has 0 unspecified atom stereocenters. The van der Waals surface area contributed by atoms with E-state index in [1.165, 1.54) is 51.5 Å². The van der Waals surface area contributed by atoms with Gasteiger partial charge in [-0.15, -0.1) is 0 Å². The van der Waals surface area contributed by atoms with Gasteiger partial charge in [0.15, 0.2) is 0 Å². The first kappa shape index (κ1) is 48.9. The Labute approximate surface area is 233 Å². The highest BCUT2D eigenvalue weighted by Crippen LogP contribution is 2.26. The molecule has 1 aliphatic heterocycles. The molecule has 1 saturated heterocycles. The van der Waals surface area contributed by atoms with Crippen LogP contribution in [-0.4, -0.2) is 77.0 Å². The van der Waals surface area contributed by atoms with Gasteiger partial charge in [-0.2, -0.15) is 0 Å². The summed E-state index contributed by atoms with van der Waals surface area (Å²) in [6, 6.07) is 0. The Morgan fingerprint density at radius 2 is 1.03 bits per heavy atom. The summed E-state index contributed by atoms with van der Waals surface area (Å²) in [5, 5.41) is 0. The van der Waals surface area contributed by atoms with Crippen molar-refractivity contribution in [3.63, 3.8) is 0 Å². The maximum atomic E-state index is 5.16. The minimum Gasteiger partial charge on any atom is -0.385 e. The third kappa shape index (κ3) is 115. The Morgan fingerprint density at radius 3 is 1.11 bits per heavy atom. The molecule has 4 nitrogen and oxygen atoms in total. The summed E-state index contributed by atoms with van der Waals surface area (Å²) in [4.78, 5) is 4.52. The van der Waals surface area contributed by atoms with Crippen molar-refractivity contribution in [2.75, 3.05) is 67.2 Å². The molecule has 1 heterocycles. The monoisotopic (exact) mass is 523 g/mol. The molecule has 2 rings (SSSR count). The molecule has 0 amide bonds. The fourth-order valence-electron chi connectivity index (χ4n) is 1.08. The molecular formula is C32H78N2O2. The Kier molecular flexibility index (Phi) is 69.9. The molecule has 36 heavy (non-hydrogen) atoms. The molecule has 0 radical (unpaired) electrons. The molecule has 1 saturated carbocycles. The van der Waals surface area contributed by atoms with Gasteiger partial charge in [0.2, 0.25) is 0 Å². The van der Waals surface area contributed by atoms with Crippen molar-refractivity contribution in [3.05, 3.63) is 0 Å². The van der Waals surface area contributed by atoms with Crippen LogP contribution in [0.4, 0.5) is 0 Å². The van der Waals surface area contributed by atoms with Gasteiger partial charge in [-0.3, -0.25) is 4.90 Å². The van der Waals surface area contributed by atoms with Gasteiger partial charge >= 0.3 is 0 Å². The van der Waals surface area contributed by atoms with Crippen molar-refractivity contribution < 1.29 is 9.47 Å². The highest BCUT2D eigenvalue weighted by molar-refractivity contribution is 4.65. The number of likely N-dealkylation sites (N-methyl/N-ethyl adjacent to an activating group) is 1. The van der Waals surface area contributed by atoms with Gasteiger partial charge in [0.25, 0.3) is 0 Å². The Hall–Kier alpha value is -0.160. The van der Waals surface area contributed by atoms with Crippen molar-refractivity contribution in [2.24, 2.45) is 11.8 Å². The number of hydrogen-bond acceptors (Lipinski definition) is 4. The van der Waals surface area contributed by atoms with Gasteiger partial charge in [0.05, 0.1) is 13.2 Å². The molecule has 0 spiro atoms. The highest BCUT2D eigenvalue weighted by Gasteiger charge is 2.12. The summed E-state index contributed by atoms with van der Waals surface area (Å²) >= 11 is 0. The summed E-state index contributed by atoms with van der Waals surface area (Å²) in [5.41, 5.74) is 0. The number of rotatable bonds is 5. The van der Waals surface area contributed by atoms with Gasteiger partial charge in [0.1, 0.15) is 0 Å². The summed E-state index contributed by atoms with van der Waals surface area (Å²) in [7, 11) is 5.79. The summed E-state index contributed by atoms with van der Waals surface area (Å²) < 4.78 is 9.70. The summed E-state index contributed by atoms with van der Waals surface area (Å²) in [5.74, 6) is 1.92. The van der Waals surface area contributed by atoms with Crippen molar-refractivity contribution in [3.8, 4) is 0 Å². The van der Waals surface area contributed by atoms with Crippen molar-refractivity contribution in [1.29, 1.82) is 0 Å². The van der Waals surface area contributed by atoms with Crippen LogP contribution in [0.25, 0.3) is 0 Å². The third-order valence-corrected chi connectivity index (χ3v) is 4.34. The Bertz CT molecular complexity index is 259. The van der Waals surface area contributed by atoms with E-state index in [-0.39, 0.29) is 0 Å². The second kappa shape index (κ2) is 51.5. The Morgan fingerprint density at radius 1 is 0.778 bits per heavy atom. The van der Waals surface area contributed by atoms with Crippen LogP contribution in [0.1, 0.15) is 135 Å². The molecule has 0 N–H and O–H groups in total.